The average molecular weight is 323 g/mol. The van der Waals surface area contributed by atoms with Crippen molar-refractivity contribution in [2.45, 2.75) is 0 Å². The van der Waals surface area contributed by atoms with Crippen molar-refractivity contribution in [3.63, 3.8) is 0 Å². The van der Waals surface area contributed by atoms with E-state index in [9.17, 15) is 0 Å². The first kappa shape index (κ1) is 13.7. The molecule has 6 nitrogen and oxygen atoms in total. The summed E-state index contributed by atoms with van der Waals surface area (Å²) in [5.74, 6) is 1.40. The molecule has 114 valence electrons. The number of benzene rings is 2. The smallest absolute Gasteiger partial charge is 0.236 e. The monoisotopic (exact) mass is 323 g/mol. The second kappa shape index (κ2) is 5.69. The van der Waals surface area contributed by atoms with Crippen LogP contribution in [0.15, 0.2) is 54.6 Å². The third-order valence-electron chi connectivity index (χ3n) is 3.36. The van der Waals surface area contributed by atoms with Gasteiger partial charge in [-0.25, -0.2) is 0 Å². The lowest BCUT2D eigenvalue weighted by molar-refractivity contribution is 0.416. The standard InChI is InChI=1S/C16H13N5OS/c1-22-13-10-6-5-9-12(13)14-18-19-16-21(14)20-15(23-16)17-11-7-3-2-4-8-11/h2-10H,1H3,(H,17,20). The zero-order chi connectivity index (χ0) is 15.6. The van der Waals surface area contributed by atoms with Gasteiger partial charge in [0.1, 0.15) is 5.75 Å². The van der Waals surface area contributed by atoms with E-state index >= 15 is 0 Å². The largest absolute Gasteiger partial charge is 0.496 e. The molecule has 0 saturated carbocycles. The summed E-state index contributed by atoms with van der Waals surface area (Å²) < 4.78 is 7.13. The van der Waals surface area contributed by atoms with Gasteiger partial charge in [-0.05, 0) is 24.3 Å². The van der Waals surface area contributed by atoms with Gasteiger partial charge in [0.25, 0.3) is 0 Å². The van der Waals surface area contributed by atoms with Gasteiger partial charge in [-0.15, -0.1) is 15.3 Å². The van der Waals surface area contributed by atoms with E-state index in [0.29, 0.717) is 5.82 Å². The number of para-hydroxylation sites is 2. The van der Waals surface area contributed by atoms with Gasteiger partial charge in [0, 0.05) is 5.69 Å². The van der Waals surface area contributed by atoms with Gasteiger partial charge >= 0.3 is 0 Å². The molecule has 0 unspecified atom stereocenters. The Balaban J connectivity index is 1.75. The van der Waals surface area contributed by atoms with Crippen molar-refractivity contribution in [2.75, 3.05) is 12.4 Å². The topological polar surface area (TPSA) is 64.3 Å². The van der Waals surface area contributed by atoms with Gasteiger partial charge in [-0.1, -0.05) is 41.7 Å². The summed E-state index contributed by atoms with van der Waals surface area (Å²) in [7, 11) is 1.64. The van der Waals surface area contributed by atoms with Crippen LogP contribution in [0.25, 0.3) is 16.3 Å². The Morgan fingerprint density at radius 2 is 1.78 bits per heavy atom. The van der Waals surface area contributed by atoms with Crippen molar-refractivity contribution >= 4 is 27.1 Å². The Labute approximate surface area is 136 Å². The molecule has 4 rings (SSSR count). The highest BCUT2D eigenvalue weighted by Crippen LogP contribution is 2.31. The number of fused-ring (bicyclic) bond motifs is 1. The molecule has 0 bridgehead atoms. The van der Waals surface area contributed by atoms with Gasteiger partial charge < -0.3 is 10.1 Å². The number of methoxy groups -OCH3 is 1. The number of hydrogen-bond donors (Lipinski definition) is 1. The van der Waals surface area contributed by atoms with E-state index in [-0.39, 0.29) is 0 Å². The lowest BCUT2D eigenvalue weighted by Gasteiger charge is -2.05. The van der Waals surface area contributed by atoms with Crippen LogP contribution in [0.2, 0.25) is 0 Å². The lowest BCUT2D eigenvalue weighted by Crippen LogP contribution is -1.95. The third-order valence-corrected chi connectivity index (χ3v) is 4.18. The average Bonchev–Trinajstić information content (AvgIpc) is 3.16. The molecule has 0 spiro atoms. The predicted molar refractivity (Wildman–Crippen MR) is 90.4 cm³/mol. The van der Waals surface area contributed by atoms with Gasteiger partial charge in [0.05, 0.1) is 12.7 Å². The predicted octanol–water partition coefficient (Wildman–Crippen LogP) is 3.61. The van der Waals surface area contributed by atoms with Crippen LogP contribution in [0, 0.1) is 0 Å². The fourth-order valence-corrected chi connectivity index (χ4v) is 3.07. The molecule has 0 amide bonds. The zero-order valence-electron chi connectivity index (χ0n) is 12.3. The van der Waals surface area contributed by atoms with Gasteiger partial charge in [0.15, 0.2) is 5.82 Å². The SMILES string of the molecule is COc1ccccc1-c1nnc2sc(Nc3ccccc3)nn12. The zero-order valence-corrected chi connectivity index (χ0v) is 13.1. The maximum atomic E-state index is 5.40. The molecule has 0 radical (unpaired) electrons. The Bertz CT molecular complexity index is 947. The molecule has 0 atom stereocenters. The van der Waals surface area contributed by atoms with Crippen molar-refractivity contribution in [3.05, 3.63) is 54.6 Å². The summed E-state index contributed by atoms with van der Waals surface area (Å²) in [5.41, 5.74) is 1.84. The molecular weight excluding hydrogens is 310 g/mol. The summed E-state index contributed by atoms with van der Waals surface area (Å²) in [6.45, 7) is 0. The number of nitrogens with zero attached hydrogens (tertiary/aromatic N) is 4. The maximum Gasteiger partial charge on any atom is 0.236 e. The summed E-state index contributed by atoms with van der Waals surface area (Å²) in [6.07, 6.45) is 0. The van der Waals surface area contributed by atoms with Crippen LogP contribution in [0.3, 0.4) is 0 Å². The third kappa shape index (κ3) is 2.51. The second-order valence-corrected chi connectivity index (χ2v) is 5.77. The van der Waals surface area contributed by atoms with E-state index in [1.54, 1.807) is 11.6 Å². The lowest BCUT2D eigenvalue weighted by atomic mass is 10.2. The molecule has 0 aliphatic carbocycles. The number of hydrogen-bond acceptors (Lipinski definition) is 6. The molecule has 2 heterocycles. The Hall–Kier alpha value is -2.93. The molecular formula is C16H13N5OS. The molecule has 7 heteroatoms. The molecule has 0 aliphatic rings. The minimum Gasteiger partial charge on any atom is -0.496 e. The van der Waals surface area contributed by atoms with Crippen LogP contribution in [0.4, 0.5) is 10.8 Å². The van der Waals surface area contributed by atoms with E-state index in [0.717, 1.165) is 27.1 Å². The van der Waals surface area contributed by atoms with E-state index in [4.69, 9.17) is 4.74 Å². The minimum absolute atomic E-state index is 0.662. The van der Waals surface area contributed by atoms with Crippen LogP contribution >= 0.6 is 11.3 Å². The quantitative estimate of drug-likeness (QED) is 0.621. The number of anilines is 2. The molecule has 4 aromatic rings. The number of rotatable bonds is 4. The van der Waals surface area contributed by atoms with E-state index in [1.807, 2.05) is 54.6 Å². The Morgan fingerprint density at radius 3 is 2.61 bits per heavy atom. The Morgan fingerprint density at radius 1 is 1.00 bits per heavy atom. The van der Waals surface area contributed by atoms with E-state index < -0.39 is 0 Å². The molecule has 0 fully saturated rings. The first-order chi connectivity index (χ1) is 11.3. The number of nitrogens with one attached hydrogen (secondary N) is 1. The highest BCUT2D eigenvalue weighted by atomic mass is 32.1. The first-order valence-electron chi connectivity index (χ1n) is 7.03. The molecule has 1 N–H and O–H groups in total. The van der Waals surface area contributed by atoms with Crippen molar-refractivity contribution in [3.8, 4) is 17.1 Å². The number of aromatic nitrogens is 4. The molecule has 0 saturated heterocycles. The van der Waals surface area contributed by atoms with E-state index in [1.165, 1.54) is 11.3 Å². The van der Waals surface area contributed by atoms with Crippen LogP contribution in [0.5, 0.6) is 5.75 Å². The molecule has 2 aromatic heterocycles. The normalized spacial score (nSPS) is 10.8. The van der Waals surface area contributed by atoms with Crippen molar-refractivity contribution in [2.24, 2.45) is 0 Å². The van der Waals surface area contributed by atoms with Gasteiger partial charge in [-0.3, -0.25) is 0 Å². The van der Waals surface area contributed by atoms with Crippen molar-refractivity contribution in [1.29, 1.82) is 0 Å². The maximum absolute atomic E-state index is 5.40. The highest BCUT2D eigenvalue weighted by molar-refractivity contribution is 7.20. The van der Waals surface area contributed by atoms with Crippen LogP contribution < -0.4 is 10.1 Å². The second-order valence-electron chi connectivity index (χ2n) is 4.82. The summed E-state index contributed by atoms with van der Waals surface area (Å²) in [5, 5.41) is 17.0. The van der Waals surface area contributed by atoms with Crippen LogP contribution in [-0.2, 0) is 0 Å². The highest BCUT2D eigenvalue weighted by Gasteiger charge is 2.16. The minimum atomic E-state index is 0.662. The van der Waals surface area contributed by atoms with Gasteiger partial charge in [-0.2, -0.15) is 4.52 Å². The summed E-state index contributed by atoms with van der Waals surface area (Å²) in [4.78, 5) is 0.726. The number of ether oxygens (including phenoxy) is 1. The van der Waals surface area contributed by atoms with E-state index in [2.05, 4.69) is 20.6 Å². The molecule has 0 aliphatic heterocycles. The van der Waals surface area contributed by atoms with Crippen LogP contribution in [0.1, 0.15) is 0 Å². The fraction of sp³-hybridized carbons (Fsp3) is 0.0625. The fourth-order valence-electron chi connectivity index (χ4n) is 2.31. The van der Waals surface area contributed by atoms with Crippen molar-refractivity contribution in [1.82, 2.24) is 19.8 Å². The summed E-state index contributed by atoms with van der Waals surface area (Å²) >= 11 is 1.45. The van der Waals surface area contributed by atoms with Crippen LogP contribution in [-0.4, -0.2) is 26.9 Å². The first-order valence-corrected chi connectivity index (χ1v) is 7.84. The summed E-state index contributed by atoms with van der Waals surface area (Å²) in [6, 6.07) is 17.6. The molecule has 2 aromatic carbocycles. The van der Waals surface area contributed by atoms with Gasteiger partial charge in [0.2, 0.25) is 10.1 Å². The molecule has 23 heavy (non-hydrogen) atoms. The van der Waals surface area contributed by atoms with Crippen molar-refractivity contribution < 1.29 is 4.74 Å². The Kier molecular flexibility index (Phi) is 3.39.